The van der Waals surface area contributed by atoms with Gasteiger partial charge in [0.05, 0.1) is 13.0 Å². The highest BCUT2D eigenvalue weighted by Crippen LogP contribution is 2.51. The Bertz CT molecular complexity index is 2510. The van der Waals surface area contributed by atoms with Crippen molar-refractivity contribution in [3.05, 3.63) is 99.7 Å². The van der Waals surface area contributed by atoms with Gasteiger partial charge < -0.3 is 37.6 Å². The van der Waals surface area contributed by atoms with E-state index in [0.29, 0.717) is 5.56 Å². The van der Waals surface area contributed by atoms with Gasteiger partial charge in [-0.05, 0) is 35.9 Å². The van der Waals surface area contributed by atoms with Crippen LogP contribution < -0.4 is 38.6 Å². The normalized spacial score (nSPS) is 14.5. The fourth-order valence-electron chi connectivity index (χ4n) is 6.23. The summed E-state index contributed by atoms with van der Waals surface area (Å²) in [6.07, 6.45) is -1.21. The highest BCUT2D eigenvalue weighted by molar-refractivity contribution is 6.08. The molecule has 6 rings (SSSR count). The summed E-state index contributed by atoms with van der Waals surface area (Å²) in [4.78, 5) is 88.6. The summed E-state index contributed by atoms with van der Waals surface area (Å²) in [6, 6.07) is 16.9. The Balaban J connectivity index is 1.59. The molecule has 286 valence electrons. The van der Waals surface area contributed by atoms with E-state index in [-0.39, 0.29) is 73.7 Å². The first-order valence-electron chi connectivity index (χ1n) is 16.8. The van der Waals surface area contributed by atoms with Crippen LogP contribution in [0.1, 0.15) is 68.1 Å². The molecule has 56 heavy (non-hydrogen) atoms. The van der Waals surface area contributed by atoms with Gasteiger partial charge in [-0.3, -0.25) is 33.6 Å². The highest BCUT2D eigenvalue weighted by Gasteiger charge is 2.43. The van der Waals surface area contributed by atoms with E-state index >= 15 is 0 Å². The van der Waals surface area contributed by atoms with E-state index in [9.17, 15) is 33.6 Å². The zero-order valence-electron chi connectivity index (χ0n) is 30.7. The quantitative estimate of drug-likeness (QED) is 0.121. The lowest BCUT2D eigenvalue weighted by Gasteiger charge is -2.34. The van der Waals surface area contributed by atoms with Crippen LogP contribution in [0.3, 0.4) is 0 Å². The third-order valence-electron chi connectivity index (χ3n) is 8.25. The Hall–Kier alpha value is -7.29. The van der Waals surface area contributed by atoms with Gasteiger partial charge in [-0.25, -0.2) is 0 Å². The van der Waals surface area contributed by atoms with Crippen molar-refractivity contribution in [2.75, 3.05) is 7.11 Å². The maximum Gasteiger partial charge on any atom is 0.308 e. The lowest BCUT2D eigenvalue weighted by molar-refractivity contribution is -0.133. The van der Waals surface area contributed by atoms with E-state index in [0.717, 1.165) is 13.8 Å². The van der Waals surface area contributed by atoms with E-state index in [1.165, 1.54) is 88.5 Å². The van der Waals surface area contributed by atoms with Crippen LogP contribution in [-0.2, 0) is 24.0 Å². The molecule has 0 bridgehead atoms. The van der Waals surface area contributed by atoms with E-state index in [1.807, 2.05) is 0 Å². The molecular weight excluding hydrogens is 732 g/mol. The van der Waals surface area contributed by atoms with Crippen LogP contribution in [0.5, 0.6) is 40.2 Å². The van der Waals surface area contributed by atoms with Crippen molar-refractivity contribution in [2.24, 2.45) is 0 Å². The number of hydrogen-bond donors (Lipinski definition) is 0. The number of ketones is 1. The molecule has 1 aromatic heterocycles. The predicted molar refractivity (Wildman–Crippen MR) is 194 cm³/mol. The fourth-order valence-corrected chi connectivity index (χ4v) is 6.23. The third kappa shape index (κ3) is 8.11. The molecule has 1 aliphatic rings. The number of benzene rings is 4. The van der Waals surface area contributed by atoms with E-state index in [2.05, 4.69) is 0 Å². The number of esters is 5. The third-order valence-corrected chi connectivity index (χ3v) is 8.25. The van der Waals surface area contributed by atoms with Crippen molar-refractivity contribution in [1.82, 2.24) is 0 Å². The summed E-state index contributed by atoms with van der Waals surface area (Å²) in [5.74, 6) is -5.59. The van der Waals surface area contributed by atoms with Gasteiger partial charge in [0, 0.05) is 76.1 Å². The standard InChI is InChI=1S/C41H32O15/c1-19(42)50-26-10-7-24(8-11-26)41-37(40(48)39-35(54-23(5)46)16-28(51-20(2)43)17-36(39)56-41)29-13-25(9-12-31(29)52-21(3)44)32-18-30(47)38-33(53-22(4)45)14-27(49-6)15-34(38)55-32/h7-18,37,41H,1-6H3/t37-,41+/m1/s1. The molecule has 1 aliphatic heterocycles. The van der Waals surface area contributed by atoms with Crippen molar-refractivity contribution < 1.29 is 66.3 Å². The molecule has 0 fully saturated rings. The van der Waals surface area contributed by atoms with E-state index in [4.69, 9.17) is 37.6 Å². The Morgan fingerprint density at radius 2 is 1.18 bits per heavy atom. The van der Waals surface area contributed by atoms with Crippen LogP contribution in [0.15, 0.2) is 82.0 Å². The van der Waals surface area contributed by atoms with Gasteiger partial charge in [-0.15, -0.1) is 0 Å². The first kappa shape index (κ1) is 38.4. The smallest absolute Gasteiger partial charge is 0.308 e. The maximum absolute atomic E-state index is 14.9. The molecule has 15 nitrogen and oxygen atoms in total. The second-order valence-corrected chi connectivity index (χ2v) is 12.4. The largest absolute Gasteiger partial charge is 0.496 e. The van der Waals surface area contributed by atoms with Crippen LogP contribution in [-0.4, -0.2) is 42.7 Å². The lowest BCUT2D eigenvalue weighted by Crippen LogP contribution is -2.31. The molecule has 4 aromatic carbocycles. The number of carbonyl (C=O) groups excluding carboxylic acids is 6. The molecule has 15 heteroatoms. The zero-order chi connectivity index (χ0) is 40.4. The van der Waals surface area contributed by atoms with Crippen LogP contribution in [0, 0.1) is 0 Å². The molecule has 0 radical (unpaired) electrons. The molecule has 5 aromatic rings. The second kappa shape index (κ2) is 15.6. The SMILES string of the molecule is COc1cc(OC(C)=O)c2c(=O)cc(-c3ccc(OC(C)=O)c([C@@H]4C(=O)c5c(OC(C)=O)cc(OC(C)=O)cc5O[C@H]4c4ccc(OC(C)=O)cc4)c3)oc2c1. The van der Waals surface area contributed by atoms with Crippen molar-refractivity contribution in [3.8, 4) is 51.6 Å². The topological polar surface area (TPSA) is 197 Å². The molecule has 0 saturated heterocycles. The van der Waals surface area contributed by atoms with Crippen molar-refractivity contribution in [1.29, 1.82) is 0 Å². The van der Waals surface area contributed by atoms with Crippen LogP contribution in [0.2, 0.25) is 0 Å². The summed E-state index contributed by atoms with van der Waals surface area (Å²) in [6.45, 7) is 5.87. The molecule has 0 N–H and O–H groups in total. The van der Waals surface area contributed by atoms with Crippen molar-refractivity contribution in [2.45, 2.75) is 46.6 Å². The summed E-state index contributed by atoms with van der Waals surface area (Å²) < 4.78 is 44.7. The van der Waals surface area contributed by atoms with E-state index in [1.54, 1.807) is 12.1 Å². The first-order valence-corrected chi connectivity index (χ1v) is 16.8. The molecule has 2 atom stereocenters. The van der Waals surface area contributed by atoms with Crippen LogP contribution in [0.25, 0.3) is 22.3 Å². The minimum atomic E-state index is -1.35. The summed E-state index contributed by atoms with van der Waals surface area (Å²) in [7, 11) is 1.38. The van der Waals surface area contributed by atoms with Gasteiger partial charge >= 0.3 is 29.8 Å². The van der Waals surface area contributed by atoms with Gasteiger partial charge in [-0.2, -0.15) is 0 Å². The van der Waals surface area contributed by atoms with Gasteiger partial charge in [0.1, 0.15) is 68.6 Å². The number of Topliss-reactive ketones (excluding diaryl/α,β-unsaturated/α-hetero) is 1. The maximum atomic E-state index is 14.9. The summed E-state index contributed by atoms with van der Waals surface area (Å²) >= 11 is 0. The van der Waals surface area contributed by atoms with Gasteiger partial charge in [0.15, 0.2) is 11.2 Å². The highest BCUT2D eigenvalue weighted by atomic mass is 16.6. The zero-order valence-corrected chi connectivity index (χ0v) is 30.7. The number of fused-ring (bicyclic) bond motifs is 2. The first-order chi connectivity index (χ1) is 26.6. The van der Waals surface area contributed by atoms with Gasteiger partial charge in [0.2, 0.25) is 0 Å². The number of carbonyl (C=O) groups is 6. The average molecular weight is 765 g/mol. The summed E-state index contributed by atoms with van der Waals surface area (Å²) in [5, 5.41) is -0.0302. The molecule has 0 saturated carbocycles. The van der Waals surface area contributed by atoms with Crippen molar-refractivity contribution in [3.63, 3.8) is 0 Å². The average Bonchev–Trinajstić information content (AvgIpc) is 3.10. The molecule has 0 aliphatic carbocycles. The number of hydrogen-bond acceptors (Lipinski definition) is 15. The fraction of sp³-hybridized carbons (Fsp3) is 0.195. The van der Waals surface area contributed by atoms with Crippen LogP contribution in [0.4, 0.5) is 0 Å². The number of methoxy groups -OCH3 is 1. The van der Waals surface area contributed by atoms with Crippen LogP contribution >= 0.6 is 0 Å². The minimum absolute atomic E-state index is 0.0126. The van der Waals surface area contributed by atoms with Crippen molar-refractivity contribution >= 4 is 46.6 Å². The summed E-state index contributed by atoms with van der Waals surface area (Å²) in [5.41, 5.74) is -0.0140. The van der Waals surface area contributed by atoms with Gasteiger partial charge in [0.25, 0.3) is 0 Å². The Morgan fingerprint density at radius 3 is 1.80 bits per heavy atom. The van der Waals surface area contributed by atoms with E-state index < -0.39 is 53.1 Å². The Morgan fingerprint density at radius 1 is 0.589 bits per heavy atom. The lowest BCUT2D eigenvalue weighted by atomic mass is 9.79. The molecule has 0 unspecified atom stereocenters. The number of rotatable bonds is 9. The second-order valence-electron chi connectivity index (χ2n) is 12.4. The predicted octanol–water partition coefficient (Wildman–Crippen LogP) is 6.20. The Kier molecular flexibility index (Phi) is 10.7. The molecule has 0 spiro atoms. The number of ether oxygens (including phenoxy) is 7. The van der Waals surface area contributed by atoms with Gasteiger partial charge in [-0.1, -0.05) is 12.1 Å². The Labute approximate surface area is 317 Å². The molecule has 0 amide bonds. The monoisotopic (exact) mass is 764 g/mol. The minimum Gasteiger partial charge on any atom is -0.496 e. The molecule has 2 heterocycles. The molecular formula is C41H32O15.